The molecule has 0 aromatic rings. The summed E-state index contributed by atoms with van der Waals surface area (Å²) in [6.07, 6.45) is 0. The van der Waals surface area contributed by atoms with Crippen molar-refractivity contribution in [1.29, 1.82) is 0 Å². The largest absolute Gasteiger partial charge is 1.00 e. The summed E-state index contributed by atoms with van der Waals surface area (Å²) in [5.74, 6) is 0. The average molecular weight is 380 g/mol. The van der Waals surface area contributed by atoms with E-state index in [0.29, 0.717) is 0 Å². The predicted octanol–water partition coefficient (Wildman–Crippen LogP) is -0.695. The number of rotatable bonds is 0. The predicted molar refractivity (Wildman–Crippen MR) is 30.6 cm³/mol. The Labute approximate surface area is 96.8 Å². The molecular formula is H12Ag2N4O4S. The third-order valence-corrected chi connectivity index (χ3v) is 0. The second-order valence-corrected chi connectivity index (χ2v) is 1.22. The van der Waals surface area contributed by atoms with E-state index in [4.69, 9.17) is 17.5 Å². The molecule has 8 nitrogen and oxygen atoms in total. The minimum Gasteiger partial charge on any atom is -0.759 e. The standard InChI is InChI=1S/2Ag.4H3N.H2O4S/c;;;;;;1-5(2,3)4/h;;4*1H3;(H2,1,2,3,4)/q2*+1;;;;;/p-2. The van der Waals surface area contributed by atoms with Crippen LogP contribution in [0.1, 0.15) is 0 Å². The second-order valence-electron chi connectivity index (χ2n) is 0.408. The smallest absolute Gasteiger partial charge is 0.759 e. The van der Waals surface area contributed by atoms with Crippen LogP contribution in [0.2, 0.25) is 0 Å². The van der Waals surface area contributed by atoms with Crippen LogP contribution in [0.4, 0.5) is 0 Å². The van der Waals surface area contributed by atoms with Gasteiger partial charge in [0.25, 0.3) is 0 Å². The van der Waals surface area contributed by atoms with E-state index < -0.39 is 10.4 Å². The van der Waals surface area contributed by atoms with Crippen molar-refractivity contribution in [1.82, 2.24) is 24.6 Å². The molecule has 11 heteroatoms. The Balaban J connectivity index is -0.00000000533. The van der Waals surface area contributed by atoms with E-state index in [1.165, 1.54) is 0 Å². The molecule has 12 N–H and O–H groups in total. The summed E-state index contributed by atoms with van der Waals surface area (Å²) in [6.45, 7) is 0. The molecule has 0 aliphatic carbocycles. The summed E-state index contributed by atoms with van der Waals surface area (Å²) < 4.78 is 34.1. The molecule has 0 aromatic carbocycles. The van der Waals surface area contributed by atoms with Crippen molar-refractivity contribution in [3.8, 4) is 0 Å². The van der Waals surface area contributed by atoms with Crippen molar-refractivity contribution in [2.45, 2.75) is 0 Å². The summed E-state index contributed by atoms with van der Waals surface area (Å²) in [5.41, 5.74) is 0. The zero-order valence-electron chi connectivity index (χ0n) is 5.47. The maximum Gasteiger partial charge on any atom is 1.00 e. The van der Waals surface area contributed by atoms with Crippen LogP contribution in [0, 0.1) is 0 Å². The first-order valence-electron chi connectivity index (χ1n) is 0.667. The van der Waals surface area contributed by atoms with Gasteiger partial charge in [0.2, 0.25) is 0 Å². The molecule has 0 heterocycles. The van der Waals surface area contributed by atoms with E-state index in [-0.39, 0.29) is 69.4 Å². The molecule has 0 saturated carbocycles. The van der Waals surface area contributed by atoms with Crippen molar-refractivity contribution < 1.29 is 62.3 Å². The first-order chi connectivity index (χ1) is 2.00. The molecule has 0 rings (SSSR count). The summed E-state index contributed by atoms with van der Waals surface area (Å²) in [6, 6.07) is 0. The molecule has 0 radical (unpaired) electrons. The maximum atomic E-state index is 8.52. The van der Waals surface area contributed by atoms with Gasteiger partial charge in [0.15, 0.2) is 0 Å². The summed E-state index contributed by atoms with van der Waals surface area (Å²) in [5, 5.41) is 0. The monoisotopic (exact) mass is 378 g/mol. The molecule has 0 aliphatic rings. The number of hydrogen-bond donors (Lipinski definition) is 4. The topological polar surface area (TPSA) is 220 Å². The summed E-state index contributed by atoms with van der Waals surface area (Å²) in [4.78, 5) is 0. The molecule has 0 bridgehead atoms. The van der Waals surface area contributed by atoms with Gasteiger partial charge in [0, 0.05) is 10.4 Å². The minimum atomic E-state index is -5.17. The fraction of sp³-hybridized carbons (Fsp3) is 0. The van der Waals surface area contributed by atoms with Gasteiger partial charge in [-0.25, -0.2) is 0 Å². The van der Waals surface area contributed by atoms with Crippen LogP contribution < -0.4 is 24.6 Å². The fourth-order valence-corrected chi connectivity index (χ4v) is 0. The van der Waals surface area contributed by atoms with Gasteiger partial charge >= 0.3 is 44.8 Å². The Hall–Kier alpha value is 1.19. The molecule has 0 saturated heterocycles. The Morgan fingerprint density at radius 1 is 0.727 bits per heavy atom. The molecule has 0 aromatic heterocycles. The van der Waals surface area contributed by atoms with Crippen LogP contribution in [0.25, 0.3) is 0 Å². The van der Waals surface area contributed by atoms with Crippen LogP contribution in [0.15, 0.2) is 0 Å². The van der Waals surface area contributed by atoms with Crippen LogP contribution in [0.5, 0.6) is 0 Å². The molecule has 0 amide bonds. The molecule has 0 atom stereocenters. The Bertz CT molecular complexity index is 103. The summed E-state index contributed by atoms with van der Waals surface area (Å²) >= 11 is 0. The third-order valence-electron chi connectivity index (χ3n) is 0. The van der Waals surface area contributed by atoms with Crippen molar-refractivity contribution >= 4 is 10.4 Å². The van der Waals surface area contributed by atoms with Crippen molar-refractivity contribution in [3.63, 3.8) is 0 Å². The van der Waals surface area contributed by atoms with Gasteiger partial charge < -0.3 is 33.7 Å². The van der Waals surface area contributed by atoms with Gasteiger partial charge in [-0.3, -0.25) is 8.42 Å². The van der Waals surface area contributed by atoms with Gasteiger partial charge in [0.1, 0.15) is 0 Å². The van der Waals surface area contributed by atoms with Gasteiger partial charge in [-0.15, -0.1) is 0 Å². The van der Waals surface area contributed by atoms with Gasteiger partial charge in [0.05, 0.1) is 0 Å². The van der Waals surface area contributed by atoms with E-state index in [1.807, 2.05) is 0 Å². The Kier molecular flexibility index (Phi) is 116. The Morgan fingerprint density at radius 3 is 0.727 bits per heavy atom. The zero-order valence-corrected chi connectivity index (χ0v) is 9.25. The van der Waals surface area contributed by atoms with Crippen LogP contribution in [-0.2, 0) is 55.2 Å². The van der Waals surface area contributed by atoms with Crippen LogP contribution in [0.3, 0.4) is 0 Å². The van der Waals surface area contributed by atoms with Gasteiger partial charge in [-0.2, -0.15) is 0 Å². The van der Waals surface area contributed by atoms with Crippen molar-refractivity contribution in [3.05, 3.63) is 0 Å². The zero-order chi connectivity index (χ0) is 4.50. The normalized spacial score (nSPS) is 5.27. The van der Waals surface area contributed by atoms with Gasteiger partial charge in [-0.1, -0.05) is 0 Å². The molecule has 0 unspecified atom stereocenters. The van der Waals surface area contributed by atoms with E-state index in [0.717, 1.165) is 0 Å². The first-order valence-corrected chi connectivity index (χ1v) is 2.00. The van der Waals surface area contributed by atoms with Gasteiger partial charge in [-0.05, 0) is 0 Å². The molecule has 0 spiro atoms. The molecule has 0 fully saturated rings. The molecular weight excluding hydrogens is 368 g/mol. The first kappa shape index (κ1) is 56.7. The third kappa shape index (κ3) is 667. The van der Waals surface area contributed by atoms with E-state index in [2.05, 4.69) is 0 Å². The maximum absolute atomic E-state index is 8.52. The summed E-state index contributed by atoms with van der Waals surface area (Å²) in [7, 11) is -5.17. The van der Waals surface area contributed by atoms with Crippen LogP contribution in [-0.4, -0.2) is 17.5 Å². The van der Waals surface area contributed by atoms with Crippen molar-refractivity contribution in [2.75, 3.05) is 0 Å². The van der Waals surface area contributed by atoms with Crippen molar-refractivity contribution in [2.24, 2.45) is 0 Å². The molecule has 11 heavy (non-hydrogen) atoms. The van der Waals surface area contributed by atoms with E-state index >= 15 is 0 Å². The minimum absolute atomic E-state index is 0. The Morgan fingerprint density at radius 2 is 0.727 bits per heavy atom. The SMILES string of the molecule is N.N.N.N.O=S(=O)([O-])[O-].[Ag+].[Ag+]. The van der Waals surface area contributed by atoms with E-state index in [1.54, 1.807) is 0 Å². The van der Waals surface area contributed by atoms with Crippen LogP contribution >= 0.6 is 0 Å². The molecule has 0 aliphatic heterocycles. The van der Waals surface area contributed by atoms with E-state index in [9.17, 15) is 0 Å². The fourth-order valence-electron chi connectivity index (χ4n) is 0. The quantitative estimate of drug-likeness (QED) is 0.238. The number of hydrogen-bond acceptors (Lipinski definition) is 8. The average Bonchev–Trinajstić information content (AvgIpc) is 0.722. The molecule has 84 valence electrons. The second kappa shape index (κ2) is 22.5.